The van der Waals surface area contributed by atoms with Crippen molar-refractivity contribution in [3.63, 3.8) is 0 Å². The van der Waals surface area contributed by atoms with Crippen molar-refractivity contribution in [3.05, 3.63) is 78.9 Å². The van der Waals surface area contributed by atoms with Crippen LogP contribution in [0.1, 0.15) is 0 Å². The number of hydrogen-bond acceptors (Lipinski definition) is 0. The number of rotatable bonds is 3. The molecule has 0 saturated carbocycles. The van der Waals surface area contributed by atoms with Gasteiger partial charge in [0.2, 0.25) is 0 Å². The SMILES string of the molecule is [B]c1c([B])c([B])c2c(-c3c4c([B])c([B])c([B])c([B])c4c(-c4ccc5cc(-c6ccc7ccccc7c6)ccc5c4)c4c([B])c([B])c([B])c([B])c34)c([B])c([B])c([B])c2c1[B]. The Hall–Kier alpha value is -4.75. The highest BCUT2D eigenvalue weighted by Crippen LogP contribution is 2.42. The molecule has 0 aliphatic carbocycles. The minimum Gasteiger partial charge on any atom is -0.110 e. The van der Waals surface area contributed by atoms with E-state index in [4.69, 9.17) is 118 Å². The van der Waals surface area contributed by atoms with Gasteiger partial charge in [-0.05, 0) is 105 Å². The first kappa shape index (κ1) is 39.7. The summed E-state index contributed by atoms with van der Waals surface area (Å²) in [6, 6.07) is 26.8. The Morgan fingerprint density at radius 2 is 0.492 bits per heavy atom. The summed E-state index contributed by atoms with van der Waals surface area (Å²) in [5.74, 6) is 0. The van der Waals surface area contributed by atoms with Gasteiger partial charge in [-0.15, -0.1) is 38.2 Å². The quantitative estimate of drug-likeness (QED) is 0.127. The van der Waals surface area contributed by atoms with Crippen LogP contribution in [0.25, 0.3) is 87.2 Å². The van der Waals surface area contributed by atoms with E-state index in [1.807, 2.05) is 36.4 Å². The highest BCUT2D eigenvalue weighted by atomic mass is 14.3. The number of hydrogen-bond donors (Lipinski definition) is 0. The summed E-state index contributed by atoms with van der Waals surface area (Å²) in [6.45, 7) is 0. The Morgan fingerprint density at radius 3 is 0.932 bits per heavy atom. The lowest BCUT2D eigenvalue weighted by molar-refractivity contribution is 1.67. The number of benzene rings is 9. The molecular formula is C44H13B15. The van der Waals surface area contributed by atoms with E-state index < -0.39 is 0 Å². The Labute approximate surface area is 363 Å². The number of fused-ring (bicyclic) bond motifs is 5. The Kier molecular flexibility index (Phi) is 9.54. The van der Waals surface area contributed by atoms with Crippen LogP contribution in [-0.4, -0.2) is 118 Å². The second-order valence-electron chi connectivity index (χ2n) is 14.9. The van der Waals surface area contributed by atoms with E-state index in [-0.39, 0.29) is 115 Å². The van der Waals surface area contributed by atoms with Gasteiger partial charge >= 0.3 is 0 Å². The molecule has 0 spiro atoms. The lowest BCUT2D eigenvalue weighted by Crippen LogP contribution is -2.53. The molecule has 0 aliphatic rings. The molecule has 15 heteroatoms. The molecule has 9 aromatic carbocycles. The minimum absolute atomic E-state index is 0.00113. The molecule has 0 heterocycles. The fourth-order valence-corrected chi connectivity index (χ4v) is 8.61. The van der Waals surface area contributed by atoms with E-state index in [0.717, 1.165) is 32.7 Å². The highest BCUT2D eigenvalue weighted by molar-refractivity contribution is 6.75. The second-order valence-corrected chi connectivity index (χ2v) is 14.9. The zero-order chi connectivity index (χ0) is 42.1. The largest absolute Gasteiger partial charge is 0.113 e. The molecule has 0 atom stereocenters. The van der Waals surface area contributed by atoms with E-state index in [9.17, 15) is 0 Å². The van der Waals surface area contributed by atoms with Crippen molar-refractivity contribution in [3.8, 4) is 33.4 Å². The fourth-order valence-electron chi connectivity index (χ4n) is 8.61. The van der Waals surface area contributed by atoms with E-state index >= 15 is 0 Å². The van der Waals surface area contributed by atoms with Crippen LogP contribution >= 0.6 is 0 Å². The molecule has 9 rings (SSSR count). The molecule has 0 unspecified atom stereocenters. The van der Waals surface area contributed by atoms with Crippen LogP contribution in [0.5, 0.6) is 0 Å². The molecule has 234 valence electrons. The van der Waals surface area contributed by atoms with Crippen LogP contribution in [0, 0.1) is 0 Å². The van der Waals surface area contributed by atoms with Crippen LogP contribution in [0.4, 0.5) is 0 Å². The van der Waals surface area contributed by atoms with E-state index in [0.29, 0.717) is 21.9 Å². The summed E-state index contributed by atoms with van der Waals surface area (Å²) in [5.41, 5.74) is 4.04. The normalized spacial score (nSPS) is 11.7. The maximum Gasteiger partial charge on any atom is 0.113 e. The lowest BCUT2D eigenvalue weighted by Gasteiger charge is -2.31. The molecule has 0 bridgehead atoms. The molecule has 59 heavy (non-hydrogen) atoms. The first-order chi connectivity index (χ1) is 28.0. The Balaban J connectivity index is 1.46. The van der Waals surface area contributed by atoms with Gasteiger partial charge in [-0.1, -0.05) is 104 Å². The van der Waals surface area contributed by atoms with Crippen LogP contribution in [-0.2, 0) is 0 Å². The third kappa shape index (κ3) is 5.66. The van der Waals surface area contributed by atoms with Crippen molar-refractivity contribution in [2.24, 2.45) is 0 Å². The van der Waals surface area contributed by atoms with Crippen molar-refractivity contribution in [1.29, 1.82) is 0 Å². The topological polar surface area (TPSA) is 0 Å². The van der Waals surface area contributed by atoms with Crippen LogP contribution in [0.3, 0.4) is 0 Å². The molecule has 0 aromatic heterocycles. The standard InChI is InChI=1S/C44H13B15/c45-30-23-21(20-10-9-18-12-17(7-8-19(18)13-20)16-6-5-14-3-1-2-4-15(14)11-16)24-26(34(49)42(57)40(55)31(24)46)22(25(23)33(48)41(56)39(30)54)27-28-29(36(51)38(53)32(27)47)37(52)44(59)43(58)35(28)50/h1-13H. The van der Waals surface area contributed by atoms with Gasteiger partial charge in [-0.2, -0.15) is 0 Å². The summed E-state index contributed by atoms with van der Waals surface area (Å²) in [6.07, 6.45) is 0. The second kappa shape index (κ2) is 14.2. The van der Waals surface area contributed by atoms with Crippen molar-refractivity contribution in [1.82, 2.24) is 0 Å². The van der Waals surface area contributed by atoms with E-state index in [1.54, 1.807) is 0 Å². The van der Waals surface area contributed by atoms with Gasteiger partial charge in [-0.25, -0.2) is 0 Å². The van der Waals surface area contributed by atoms with Gasteiger partial charge in [0.1, 0.15) is 118 Å². The molecule has 0 amide bonds. The average Bonchev–Trinajstić information content (AvgIpc) is 3.24. The predicted octanol–water partition coefficient (Wildman–Crippen LogP) is -5.64. The summed E-state index contributed by atoms with van der Waals surface area (Å²) >= 11 is 0. The highest BCUT2D eigenvalue weighted by Gasteiger charge is 2.28. The molecule has 30 radical (unpaired) electrons. The first-order valence-corrected chi connectivity index (χ1v) is 18.4. The van der Waals surface area contributed by atoms with E-state index in [1.165, 1.54) is 0 Å². The molecule has 9 aromatic rings. The molecule has 0 saturated heterocycles. The van der Waals surface area contributed by atoms with Gasteiger partial charge < -0.3 is 0 Å². The predicted molar refractivity (Wildman–Crippen MR) is 271 cm³/mol. The van der Waals surface area contributed by atoms with Gasteiger partial charge in [-0.3, -0.25) is 0 Å². The van der Waals surface area contributed by atoms with Crippen molar-refractivity contribution < 1.29 is 0 Å². The Morgan fingerprint density at radius 1 is 0.203 bits per heavy atom. The maximum absolute atomic E-state index is 7.02. The molecule has 0 N–H and O–H groups in total. The van der Waals surface area contributed by atoms with Crippen molar-refractivity contribution in [2.45, 2.75) is 0 Å². The van der Waals surface area contributed by atoms with Gasteiger partial charge in [0.25, 0.3) is 0 Å². The van der Waals surface area contributed by atoms with E-state index in [2.05, 4.69) is 42.5 Å². The summed E-state index contributed by atoms with van der Waals surface area (Å²) < 4.78 is 0. The monoisotopic (exact) mass is 706 g/mol. The van der Waals surface area contributed by atoms with Crippen molar-refractivity contribution >= 4 is 253 Å². The average molecular weight is 704 g/mol. The molecule has 0 fully saturated rings. The molecular weight excluding hydrogens is 691 g/mol. The summed E-state index contributed by atoms with van der Waals surface area (Å²) in [4.78, 5) is 0. The third-order valence-corrected chi connectivity index (χ3v) is 11.8. The lowest BCUT2D eigenvalue weighted by atomic mass is 9.56. The summed E-state index contributed by atoms with van der Waals surface area (Å²) in [7, 11) is 101. The molecule has 0 nitrogen and oxygen atoms in total. The van der Waals surface area contributed by atoms with Gasteiger partial charge in [0.05, 0.1) is 0 Å². The minimum atomic E-state index is -0.0318. The van der Waals surface area contributed by atoms with Crippen LogP contribution in [0.2, 0.25) is 0 Å². The zero-order valence-electron chi connectivity index (χ0n) is 31.7. The zero-order valence-corrected chi connectivity index (χ0v) is 31.7. The van der Waals surface area contributed by atoms with Gasteiger partial charge in [0.15, 0.2) is 0 Å². The third-order valence-electron chi connectivity index (χ3n) is 11.8. The van der Waals surface area contributed by atoms with Gasteiger partial charge in [0, 0.05) is 0 Å². The smallest absolute Gasteiger partial charge is 0.110 e. The summed E-state index contributed by atoms with van der Waals surface area (Å²) in [5, 5.41) is 5.87. The molecule has 0 aliphatic heterocycles. The Bertz CT molecular complexity index is 3300. The first-order valence-electron chi connectivity index (χ1n) is 18.4. The van der Waals surface area contributed by atoms with Crippen molar-refractivity contribution in [2.75, 3.05) is 0 Å². The van der Waals surface area contributed by atoms with Crippen LogP contribution in [0.15, 0.2) is 78.9 Å². The fraction of sp³-hybridized carbons (Fsp3) is 0. The van der Waals surface area contributed by atoms with Crippen LogP contribution < -0.4 is 81.9 Å². The maximum atomic E-state index is 7.02.